The molecule has 0 heterocycles. The minimum atomic E-state index is -0.235. The summed E-state index contributed by atoms with van der Waals surface area (Å²) in [7, 11) is 0. The van der Waals surface area contributed by atoms with E-state index in [-0.39, 0.29) is 12.5 Å². The van der Waals surface area contributed by atoms with Crippen LogP contribution >= 0.6 is 12.2 Å². The van der Waals surface area contributed by atoms with Crippen molar-refractivity contribution in [2.75, 3.05) is 23.8 Å². The van der Waals surface area contributed by atoms with Crippen LogP contribution in [0.15, 0.2) is 54.6 Å². The van der Waals surface area contributed by atoms with E-state index in [9.17, 15) is 4.79 Å². The van der Waals surface area contributed by atoms with E-state index >= 15 is 0 Å². The molecule has 0 aromatic heterocycles. The molecular formula is C17H20N4O2S. The third-order valence-electron chi connectivity index (χ3n) is 2.97. The van der Waals surface area contributed by atoms with Crippen molar-refractivity contribution in [3.8, 4) is 5.75 Å². The molecule has 24 heavy (non-hydrogen) atoms. The van der Waals surface area contributed by atoms with Crippen molar-refractivity contribution in [3.05, 3.63) is 54.6 Å². The number of amides is 1. The van der Waals surface area contributed by atoms with E-state index in [1.54, 1.807) is 0 Å². The van der Waals surface area contributed by atoms with Gasteiger partial charge in [-0.25, -0.2) is 0 Å². The summed E-state index contributed by atoms with van der Waals surface area (Å²) in [5.41, 5.74) is 6.85. The Morgan fingerprint density at radius 2 is 1.71 bits per heavy atom. The minimum absolute atomic E-state index is 0.120. The van der Waals surface area contributed by atoms with Crippen LogP contribution < -0.4 is 26.2 Å². The topological polar surface area (TPSA) is 74.4 Å². The lowest BCUT2D eigenvalue weighted by Crippen LogP contribution is -2.45. The zero-order valence-electron chi connectivity index (χ0n) is 13.3. The third-order valence-corrected chi connectivity index (χ3v) is 3.17. The number of carbonyl (C=O) groups excluding carboxylic acids is 1. The number of rotatable bonds is 6. The second-order valence-corrected chi connectivity index (χ2v) is 5.21. The van der Waals surface area contributed by atoms with Gasteiger partial charge in [-0.3, -0.25) is 15.6 Å². The van der Waals surface area contributed by atoms with E-state index in [2.05, 4.69) is 21.5 Å². The molecular weight excluding hydrogens is 324 g/mol. The summed E-state index contributed by atoms with van der Waals surface area (Å²) in [5, 5.41) is 6.29. The van der Waals surface area contributed by atoms with Crippen molar-refractivity contribution >= 4 is 34.6 Å². The number of para-hydroxylation sites is 1. The fourth-order valence-corrected chi connectivity index (χ4v) is 2.04. The Morgan fingerprint density at radius 1 is 1.00 bits per heavy atom. The van der Waals surface area contributed by atoms with Crippen LogP contribution in [0.4, 0.5) is 11.4 Å². The summed E-state index contributed by atoms with van der Waals surface area (Å²) < 4.78 is 5.36. The minimum Gasteiger partial charge on any atom is -0.494 e. The van der Waals surface area contributed by atoms with Crippen LogP contribution in [0.1, 0.15) is 6.92 Å². The normalized spacial score (nSPS) is 9.71. The van der Waals surface area contributed by atoms with E-state index in [1.165, 1.54) is 0 Å². The lowest BCUT2D eigenvalue weighted by molar-refractivity contribution is -0.119. The van der Waals surface area contributed by atoms with E-state index in [0.717, 1.165) is 17.1 Å². The quantitative estimate of drug-likeness (QED) is 0.477. The van der Waals surface area contributed by atoms with E-state index < -0.39 is 0 Å². The number of ether oxygens (including phenoxy) is 1. The maximum atomic E-state index is 11.8. The number of hydrogen-bond acceptors (Lipinski definition) is 4. The van der Waals surface area contributed by atoms with Crippen molar-refractivity contribution in [1.29, 1.82) is 0 Å². The van der Waals surface area contributed by atoms with Gasteiger partial charge in [0.15, 0.2) is 5.11 Å². The van der Waals surface area contributed by atoms with Gasteiger partial charge in [-0.1, -0.05) is 18.2 Å². The second kappa shape index (κ2) is 9.36. The van der Waals surface area contributed by atoms with Crippen LogP contribution in [0.2, 0.25) is 0 Å². The number of benzene rings is 2. The van der Waals surface area contributed by atoms with Crippen LogP contribution in [0.5, 0.6) is 5.75 Å². The molecule has 7 heteroatoms. The van der Waals surface area contributed by atoms with E-state index in [4.69, 9.17) is 17.0 Å². The molecule has 0 unspecified atom stereocenters. The smallest absolute Gasteiger partial charge is 0.257 e. The lowest BCUT2D eigenvalue weighted by atomic mass is 10.3. The van der Waals surface area contributed by atoms with Crippen molar-refractivity contribution in [3.63, 3.8) is 0 Å². The molecule has 0 aliphatic carbocycles. The fraction of sp³-hybridized carbons (Fsp3) is 0.176. The van der Waals surface area contributed by atoms with Gasteiger partial charge in [0.05, 0.1) is 13.2 Å². The first-order valence-corrected chi connectivity index (χ1v) is 7.96. The first-order chi connectivity index (χ1) is 11.7. The van der Waals surface area contributed by atoms with E-state index in [1.807, 2.05) is 61.5 Å². The summed E-state index contributed by atoms with van der Waals surface area (Å²) in [6, 6.07) is 16.9. The number of hydrazine groups is 1. The molecule has 6 nitrogen and oxygen atoms in total. The van der Waals surface area contributed by atoms with Crippen molar-refractivity contribution in [2.45, 2.75) is 6.92 Å². The average Bonchev–Trinajstić information content (AvgIpc) is 2.60. The summed E-state index contributed by atoms with van der Waals surface area (Å²) >= 11 is 5.10. The maximum absolute atomic E-state index is 11.8. The van der Waals surface area contributed by atoms with Gasteiger partial charge in [-0.2, -0.15) is 0 Å². The maximum Gasteiger partial charge on any atom is 0.257 e. The molecule has 0 saturated heterocycles. The molecule has 0 saturated carbocycles. The SMILES string of the molecule is CCOc1ccc(NCC(=O)NNC(=S)Nc2ccccc2)cc1. The standard InChI is InChI=1S/C17H20N4O2S/c1-2-23-15-10-8-13(9-11-15)18-12-16(22)20-21-17(24)19-14-6-4-3-5-7-14/h3-11,18H,2,12H2,1H3,(H,20,22)(H2,19,21,24). The molecule has 0 radical (unpaired) electrons. The van der Waals surface area contributed by atoms with Gasteiger partial charge in [-0.05, 0) is 55.5 Å². The Balaban J connectivity index is 1.68. The molecule has 2 aromatic carbocycles. The molecule has 2 rings (SSSR count). The van der Waals surface area contributed by atoms with E-state index in [0.29, 0.717) is 11.7 Å². The Bertz CT molecular complexity index is 662. The lowest BCUT2D eigenvalue weighted by Gasteiger charge is -2.12. The largest absolute Gasteiger partial charge is 0.494 e. The third kappa shape index (κ3) is 6.13. The molecule has 0 aliphatic rings. The highest BCUT2D eigenvalue weighted by Crippen LogP contribution is 2.15. The zero-order valence-corrected chi connectivity index (χ0v) is 14.2. The Labute approximate surface area is 146 Å². The second-order valence-electron chi connectivity index (χ2n) is 4.80. The highest BCUT2D eigenvalue weighted by atomic mass is 32.1. The highest BCUT2D eigenvalue weighted by Gasteiger charge is 2.02. The van der Waals surface area contributed by atoms with Crippen LogP contribution in [0.3, 0.4) is 0 Å². The molecule has 1 amide bonds. The Morgan fingerprint density at radius 3 is 2.38 bits per heavy atom. The van der Waals surface area contributed by atoms with Crippen molar-refractivity contribution in [1.82, 2.24) is 10.9 Å². The monoisotopic (exact) mass is 344 g/mol. The average molecular weight is 344 g/mol. The first kappa shape index (κ1) is 17.6. The summed E-state index contributed by atoms with van der Waals surface area (Å²) in [5.74, 6) is 0.563. The molecule has 0 spiro atoms. The van der Waals surface area contributed by atoms with Gasteiger partial charge in [0.1, 0.15) is 5.75 Å². The molecule has 126 valence electrons. The Kier molecular flexibility index (Phi) is 6.85. The molecule has 4 N–H and O–H groups in total. The summed E-state index contributed by atoms with van der Waals surface area (Å²) in [6.07, 6.45) is 0. The van der Waals surface area contributed by atoms with Gasteiger partial charge >= 0.3 is 0 Å². The van der Waals surface area contributed by atoms with Gasteiger partial charge in [0, 0.05) is 11.4 Å². The molecule has 0 fully saturated rings. The molecule has 0 bridgehead atoms. The van der Waals surface area contributed by atoms with Crippen LogP contribution in [-0.4, -0.2) is 24.2 Å². The fourth-order valence-electron chi connectivity index (χ4n) is 1.87. The highest BCUT2D eigenvalue weighted by molar-refractivity contribution is 7.80. The van der Waals surface area contributed by atoms with Gasteiger partial charge < -0.3 is 15.4 Å². The molecule has 2 aromatic rings. The number of nitrogens with one attached hydrogen (secondary N) is 4. The van der Waals surface area contributed by atoms with Gasteiger partial charge in [0.2, 0.25) is 0 Å². The predicted molar refractivity (Wildman–Crippen MR) is 100 cm³/mol. The van der Waals surface area contributed by atoms with Crippen LogP contribution in [0.25, 0.3) is 0 Å². The number of carbonyl (C=O) groups is 1. The first-order valence-electron chi connectivity index (χ1n) is 7.55. The predicted octanol–water partition coefficient (Wildman–Crippen LogP) is 2.52. The van der Waals surface area contributed by atoms with Gasteiger partial charge in [-0.15, -0.1) is 0 Å². The number of thiocarbonyl (C=S) groups is 1. The van der Waals surface area contributed by atoms with Crippen LogP contribution in [0, 0.1) is 0 Å². The molecule has 0 aliphatic heterocycles. The van der Waals surface area contributed by atoms with Crippen LogP contribution in [-0.2, 0) is 4.79 Å². The summed E-state index contributed by atoms with van der Waals surface area (Å²) in [6.45, 7) is 2.67. The van der Waals surface area contributed by atoms with Crippen molar-refractivity contribution < 1.29 is 9.53 Å². The van der Waals surface area contributed by atoms with Gasteiger partial charge in [0.25, 0.3) is 5.91 Å². The number of hydrogen-bond donors (Lipinski definition) is 4. The molecule has 0 atom stereocenters. The Hall–Kier alpha value is -2.80. The zero-order chi connectivity index (χ0) is 17.2. The van der Waals surface area contributed by atoms with Crippen molar-refractivity contribution in [2.24, 2.45) is 0 Å². The summed E-state index contributed by atoms with van der Waals surface area (Å²) in [4.78, 5) is 11.8. The number of anilines is 2.